The highest BCUT2D eigenvalue weighted by Gasteiger charge is 2.45. The molecule has 2 rings (SSSR count). The predicted octanol–water partition coefficient (Wildman–Crippen LogP) is 5.84. The van der Waals surface area contributed by atoms with Gasteiger partial charge in [0.25, 0.3) is 0 Å². The summed E-state index contributed by atoms with van der Waals surface area (Å²) in [4.78, 5) is 1.39. The van der Waals surface area contributed by atoms with Crippen molar-refractivity contribution in [1.29, 1.82) is 0 Å². The molecule has 0 aliphatic heterocycles. The maximum absolute atomic E-state index is 4.36. The number of unbranched alkanes of at least 4 members (excludes halogenated alkanes) is 3. The monoisotopic (exact) mass is 260 g/mol. The molecule has 1 aliphatic rings. The molecule has 1 aromatic rings. The van der Waals surface area contributed by atoms with Gasteiger partial charge in [0.15, 0.2) is 0 Å². The van der Waals surface area contributed by atoms with Gasteiger partial charge >= 0.3 is 0 Å². The molecule has 1 fully saturated rings. The number of hydrogen-bond donors (Lipinski definition) is 0. The van der Waals surface area contributed by atoms with E-state index in [1.807, 2.05) is 11.8 Å². The van der Waals surface area contributed by atoms with Gasteiger partial charge in [0, 0.05) is 9.64 Å². The van der Waals surface area contributed by atoms with Crippen molar-refractivity contribution in [2.24, 2.45) is 0 Å². The lowest BCUT2D eigenvalue weighted by molar-refractivity contribution is 0.657. The van der Waals surface area contributed by atoms with Crippen molar-refractivity contribution in [2.75, 3.05) is 0 Å². The van der Waals surface area contributed by atoms with E-state index < -0.39 is 0 Å². The molecule has 0 spiro atoms. The Balaban J connectivity index is 1.82. The van der Waals surface area contributed by atoms with E-state index in [1.165, 1.54) is 55.4 Å². The van der Waals surface area contributed by atoms with Crippen LogP contribution in [-0.2, 0) is 0 Å². The largest absolute Gasteiger partial charge is 0.115 e. The van der Waals surface area contributed by atoms with Crippen molar-refractivity contribution in [1.82, 2.24) is 0 Å². The summed E-state index contributed by atoms with van der Waals surface area (Å²) in [5.74, 6) is 0. The summed E-state index contributed by atoms with van der Waals surface area (Å²) in [5.41, 5.74) is 1.48. The normalized spacial score (nSPS) is 16.5. The van der Waals surface area contributed by atoms with Crippen molar-refractivity contribution in [3.8, 4) is 0 Å². The Morgan fingerprint density at radius 3 is 2.50 bits per heavy atom. The standard InChI is InChI=1S/C17H24S/c1-3-4-5-7-10-15(2)17(13-14-17)18-16-11-8-6-9-12-16/h6,8-9,11-12H,2-5,7,10,13-14H2,1H3. The molecule has 0 radical (unpaired) electrons. The second-order valence-corrected chi connectivity index (χ2v) is 6.78. The number of benzene rings is 1. The average Bonchev–Trinajstić information content (AvgIpc) is 3.16. The van der Waals surface area contributed by atoms with Crippen LogP contribution in [0.2, 0.25) is 0 Å². The fourth-order valence-corrected chi connectivity index (χ4v) is 3.65. The van der Waals surface area contributed by atoms with E-state index in [9.17, 15) is 0 Å². The lowest BCUT2D eigenvalue weighted by Crippen LogP contribution is -2.06. The van der Waals surface area contributed by atoms with Crippen LogP contribution in [0.3, 0.4) is 0 Å². The van der Waals surface area contributed by atoms with Crippen LogP contribution in [0.4, 0.5) is 0 Å². The molecule has 1 aromatic carbocycles. The maximum Gasteiger partial charge on any atom is 0.0413 e. The molecule has 1 saturated carbocycles. The highest BCUT2D eigenvalue weighted by atomic mass is 32.2. The van der Waals surface area contributed by atoms with Crippen molar-refractivity contribution in [2.45, 2.75) is 61.5 Å². The minimum absolute atomic E-state index is 0.383. The van der Waals surface area contributed by atoms with E-state index >= 15 is 0 Å². The van der Waals surface area contributed by atoms with Gasteiger partial charge in [0.2, 0.25) is 0 Å². The molecule has 0 nitrogen and oxygen atoms in total. The molecule has 0 aromatic heterocycles. The van der Waals surface area contributed by atoms with Crippen molar-refractivity contribution >= 4 is 11.8 Å². The first-order chi connectivity index (χ1) is 8.77. The van der Waals surface area contributed by atoms with Crippen LogP contribution in [0.15, 0.2) is 47.4 Å². The Kier molecular flexibility index (Phi) is 4.94. The molecule has 0 atom stereocenters. The van der Waals surface area contributed by atoms with E-state index in [-0.39, 0.29) is 0 Å². The Morgan fingerprint density at radius 1 is 1.17 bits per heavy atom. The second kappa shape index (κ2) is 6.47. The Labute approximate surface area is 116 Å². The van der Waals surface area contributed by atoms with E-state index in [1.54, 1.807) is 0 Å². The molecule has 18 heavy (non-hydrogen) atoms. The van der Waals surface area contributed by atoms with Crippen LogP contribution in [0.5, 0.6) is 0 Å². The zero-order valence-electron chi connectivity index (χ0n) is 11.5. The van der Waals surface area contributed by atoms with E-state index in [2.05, 4.69) is 43.8 Å². The van der Waals surface area contributed by atoms with Crippen molar-refractivity contribution in [3.05, 3.63) is 42.5 Å². The molecule has 0 amide bonds. The van der Waals surface area contributed by atoms with Gasteiger partial charge < -0.3 is 0 Å². The predicted molar refractivity (Wildman–Crippen MR) is 82.2 cm³/mol. The molecule has 0 heterocycles. The summed E-state index contributed by atoms with van der Waals surface area (Å²) in [6, 6.07) is 10.8. The fourth-order valence-electron chi connectivity index (χ4n) is 2.35. The van der Waals surface area contributed by atoms with E-state index in [4.69, 9.17) is 0 Å². The molecule has 1 heteroatoms. The van der Waals surface area contributed by atoms with Gasteiger partial charge in [-0.3, -0.25) is 0 Å². The molecule has 0 saturated heterocycles. The fraction of sp³-hybridized carbons (Fsp3) is 0.529. The summed E-state index contributed by atoms with van der Waals surface area (Å²) in [5, 5.41) is 0. The SMILES string of the molecule is C=C(CCCCCC)C1(Sc2ccccc2)CC1. The van der Waals surface area contributed by atoms with Crippen LogP contribution in [0.25, 0.3) is 0 Å². The highest BCUT2D eigenvalue weighted by Crippen LogP contribution is 2.57. The third kappa shape index (κ3) is 3.65. The Hall–Kier alpha value is -0.690. The molecular weight excluding hydrogens is 236 g/mol. The van der Waals surface area contributed by atoms with Crippen LogP contribution >= 0.6 is 11.8 Å². The molecular formula is C17H24S. The zero-order valence-corrected chi connectivity index (χ0v) is 12.3. The Morgan fingerprint density at radius 2 is 1.89 bits per heavy atom. The summed E-state index contributed by atoms with van der Waals surface area (Å²) in [7, 11) is 0. The van der Waals surface area contributed by atoms with Crippen molar-refractivity contribution < 1.29 is 0 Å². The topological polar surface area (TPSA) is 0 Å². The van der Waals surface area contributed by atoms with E-state index in [0.29, 0.717) is 4.75 Å². The second-order valence-electron chi connectivity index (χ2n) is 5.32. The van der Waals surface area contributed by atoms with Gasteiger partial charge in [-0.15, -0.1) is 11.8 Å². The smallest absolute Gasteiger partial charge is 0.0413 e. The maximum atomic E-state index is 4.36. The van der Waals surface area contributed by atoms with Gasteiger partial charge in [0.05, 0.1) is 0 Å². The first-order valence-electron chi connectivity index (χ1n) is 7.19. The number of thioether (sulfide) groups is 1. The van der Waals surface area contributed by atoms with Gasteiger partial charge in [-0.2, -0.15) is 0 Å². The third-order valence-corrected chi connectivity index (χ3v) is 5.33. The van der Waals surface area contributed by atoms with Gasteiger partial charge in [-0.05, 0) is 37.8 Å². The quantitative estimate of drug-likeness (QED) is 0.418. The van der Waals surface area contributed by atoms with Gasteiger partial charge in [-0.1, -0.05) is 56.5 Å². The summed E-state index contributed by atoms with van der Waals surface area (Å²) >= 11 is 2.03. The summed E-state index contributed by atoms with van der Waals surface area (Å²) < 4.78 is 0.383. The lowest BCUT2D eigenvalue weighted by atomic mass is 10.0. The molecule has 0 N–H and O–H groups in total. The average molecular weight is 260 g/mol. The third-order valence-electron chi connectivity index (χ3n) is 3.74. The van der Waals surface area contributed by atoms with Crippen LogP contribution in [0.1, 0.15) is 51.9 Å². The van der Waals surface area contributed by atoms with Crippen LogP contribution in [0, 0.1) is 0 Å². The lowest BCUT2D eigenvalue weighted by Gasteiger charge is -2.18. The Bertz CT molecular complexity index is 376. The minimum atomic E-state index is 0.383. The summed E-state index contributed by atoms with van der Waals surface area (Å²) in [6.07, 6.45) is 9.23. The number of rotatable bonds is 8. The minimum Gasteiger partial charge on any atom is -0.115 e. The molecule has 98 valence electrons. The first kappa shape index (κ1) is 13.7. The van der Waals surface area contributed by atoms with Crippen LogP contribution < -0.4 is 0 Å². The summed E-state index contributed by atoms with van der Waals surface area (Å²) in [6.45, 7) is 6.63. The molecule has 0 bridgehead atoms. The molecule has 0 unspecified atom stereocenters. The first-order valence-corrected chi connectivity index (χ1v) is 8.01. The van der Waals surface area contributed by atoms with E-state index in [0.717, 1.165) is 0 Å². The van der Waals surface area contributed by atoms with Gasteiger partial charge in [0.1, 0.15) is 0 Å². The highest BCUT2D eigenvalue weighted by molar-refractivity contribution is 8.01. The van der Waals surface area contributed by atoms with Gasteiger partial charge in [-0.25, -0.2) is 0 Å². The molecule has 1 aliphatic carbocycles. The number of hydrogen-bond acceptors (Lipinski definition) is 1. The van der Waals surface area contributed by atoms with Crippen molar-refractivity contribution in [3.63, 3.8) is 0 Å². The zero-order chi connectivity index (χ0) is 12.8. The van der Waals surface area contributed by atoms with Crippen LogP contribution in [-0.4, -0.2) is 4.75 Å².